The van der Waals surface area contributed by atoms with E-state index in [9.17, 15) is 14.7 Å². The highest BCUT2D eigenvalue weighted by Crippen LogP contribution is 2.16. The van der Waals surface area contributed by atoms with E-state index in [1.807, 2.05) is 4.90 Å². The number of carbonyl (C=O) groups excluding carboxylic acids is 2. The lowest BCUT2D eigenvalue weighted by atomic mass is 10.2. The molecule has 19 heavy (non-hydrogen) atoms. The third kappa shape index (κ3) is 3.45. The average Bonchev–Trinajstić information content (AvgIpc) is 2.86. The number of hydrogen-bond donors (Lipinski definition) is 1. The molecule has 1 unspecified atom stereocenters. The Morgan fingerprint density at radius 1 is 1.11 bits per heavy atom. The predicted molar refractivity (Wildman–Crippen MR) is 70.5 cm³/mol. The Morgan fingerprint density at radius 3 is 2.32 bits per heavy atom. The summed E-state index contributed by atoms with van der Waals surface area (Å²) in [4.78, 5) is 29.1. The van der Waals surface area contributed by atoms with Crippen molar-refractivity contribution in [3.8, 4) is 0 Å². The second kappa shape index (κ2) is 6.34. The minimum Gasteiger partial charge on any atom is -0.395 e. The number of nitrogens with zero attached hydrogens (tertiary/aromatic N) is 3. The molecule has 108 valence electrons. The SMILES string of the molecule is CC(=O)N1CCN(C(=O)CN2CCCC2CO)CC1. The summed E-state index contributed by atoms with van der Waals surface area (Å²) in [6.45, 7) is 5.48. The summed E-state index contributed by atoms with van der Waals surface area (Å²) < 4.78 is 0. The monoisotopic (exact) mass is 269 g/mol. The van der Waals surface area contributed by atoms with Crippen molar-refractivity contribution < 1.29 is 14.7 Å². The summed E-state index contributed by atoms with van der Waals surface area (Å²) in [7, 11) is 0. The quantitative estimate of drug-likeness (QED) is 0.724. The standard InChI is InChI=1S/C13H23N3O3/c1-11(18)14-5-7-15(8-6-14)13(19)9-16-4-2-3-12(16)10-17/h12,17H,2-10H2,1H3. The smallest absolute Gasteiger partial charge is 0.236 e. The van der Waals surface area contributed by atoms with Gasteiger partial charge in [-0.2, -0.15) is 0 Å². The van der Waals surface area contributed by atoms with Crippen molar-refractivity contribution >= 4 is 11.8 Å². The Bertz CT molecular complexity index is 340. The normalized spacial score (nSPS) is 24.8. The molecule has 1 N–H and O–H groups in total. The first-order valence-corrected chi connectivity index (χ1v) is 7.00. The van der Waals surface area contributed by atoms with E-state index in [4.69, 9.17) is 0 Å². The summed E-state index contributed by atoms with van der Waals surface area (Å²) >= 11 is 0. The fourth-order valence-corrected chi connectivity index (χ4v) is 2.85. The van der Waals surface area contributed by atoms with Crippen molar-refractivity contribution in [2.75, 3.05) is 45.9 Å². The zero-order valence-corrected chi connectivity index (χ0v) is 11.5. The number of aliphatic hydroxyl groups is 1. The zero-order chi connectivity index (χ0) is 13.8. The molecule has 2 fully saturated rings. The third-order valence-electron chi connectivity index (χ3n) is 4.13. The van der Waals surface area contributed by atoms with Crippen molar-refractivity contribution in [2.24, 2.45) is 0 Å². The Balaban J connectivity index is 1.80. The van der Waals surface area contributed by atoms with Crippen LogP contribution in [0.3, 0.4) is 0 Å². The molecule has 0 aromatic carbocycles. The van der Waals surface area contributed by atoms with Crippen molar-refractivity contribution in [1.29, 1.82) is 0 Å². The van der Waals surface area contributed by atoms with Gasteiger partial charge in [0.2, 0.25) is 11.8 Å². The van der Waals surface area contributed by atoms with Crippen LogP contribution in [0.4, 0.5) is 0 Å². The van der Waals surface area contributed by atoms with Gasteiger partial charge in [0.1, 0.15) is 0 Å². The first-order valence-electron chi connectivity index (χ1n) is 7.00. The number of rotatable bonds is 3. The Labute approximate surface area is 114 Å². The van der Waals surface area contributed by atoms with Gasteiger partial charge in [-0.25, -0.2) is 0 Å². The van der Waals surface area contributed by atoms with Crippen molar-refractivity contribution in [3.63, 3.8) is 0 Å². The summed E-state index contributed by atoms with van der Waals surface area (Å²) in [6.07, 6.45) is 2.03. The van der Waals surface area contributed by atoms with Crippen LogP contribution in [-0.2, 0) is 9.59 Å². The minimum absolute atomic E-state index is 0.0759. The largest absolute Gasteiger partial charge is 0.395 e. The summed E-state index contributed by atoms with van der Waals surface area (Å²) in [5.41, 5.74) is 0. The van der Waals surface area contributed by atoms with Crippen LogP contribution in [0.2, 0.25) is 0 Å². The topological polar surface area (TPSA) is 64.1 Å². The highest BCUT2D eigenvalue weighted by atomic mass is 16.3. The molecule has 0 radical (unpaired) electrons. The number of aliphatic hydroxyl groups excluding tert-OH is 1. The lowest BCUT2D eigenvalue weighted by Gasteiger charge is -2.35. The van der Waals surface area contributed by atoms with Crippen LogP contribution in [0.5, 0.6) is 0 Å². The van der Waals surface area contributed by atoms with E-state index in [2.05, 4.69) is 4.90 Å². The van der Waals surface area contributed by atoms with Crippen LogP contribution in [-0.4, -0.2) is 83.5 Å². The Kier molecular flexibility index (Phi) is 4.76. The molecule has 0 spiro atoms. The molecule has 1 atom stereocenters. The second-order valence-electron chi connectivity index (χ2n) is 5.34. The molecule has 2 aliphatic heterocycles. The van der Waals surface area contributed by atoms with Gasteiger partial charge in [0.25, 0.3) is 0 Å². The number of piperazine rings is 1. The van der Waals surface area contributed by atoms with E-state index in [0.29, 0.717) is 32.7 Å². The third-order valence-corrected chi connectivity index (χ3v) is 4.13. The van der Waals surface area contributed by atoms with Gasteiger partial charge in [-0.15, -0.1) is 0 Å². The highest BCUT2D eigenvalue weighted by Gasteiger charge is 2.28. The fraction of sp³-hybridized carbons (Fsp3) is 0.846. The molecule has 0 aromatic heterocycles. The highest BCUT2D eigenvalue weighted by molar-refractivity contribution is 5.79. The molecule has 2 aliphatic rings. The van der Waals surface area contributed by atoms with Gasteiger partial charge < -0.3 is 14.9 Å². The second-order valence-corrected chi connectivity index (χ2v) is 5.34. The molecule has 2 heterocycles. The molecule has 2 amide bonds. The van der Waals surface area contributed by atoms with Crippen LogP contribution in [0.15, 0.2) is 0 Å². The summed E-state index contributed by atoms with van der Waals surface area (Å²) in [6, 6.07) is 0.141. The van der Waals surface area contributed by atoms with Crippen LogP contribution in [0.25, 0.3) is 0 Å². The molecule has 2 rings (SSSR count). The molecule has 6 nitrogen and oxygen atoms in total. The van der Waals surface area contributed by atoms with Crippen LogP contribution in [0, 0.1) is 0 Å². The average molecular weight is 269 g/mol. The van der Waals surface area contributed by atoms with Gasteiger partial charge in [0, 0.05) is 39.1 Å². The number of hydrogen-bond acceptors (Lipinski definition) is 4. The van der Waals surface area contributed by atoms with Gasteiger partial charge in [-0.05, 0) is 19.4 Å². The molecule has 2 saturated heterocycles. The van der Waals surface area contributed by atoms with E-state index in [-0.39, 0.29) is 24.5 Å². The maximum atomic E-state index is 12.2. The van der Waals surface area contributed by atoms with Crippen LogP contribution >= 0.6 is 0 Å². The van der Waals surface area contributed by atoms with Crippen LogP contribution < -0.4 is 0 Å². The van der Waals surface area contributed by atoms with E-state index in [1.54, 1.807) is 11.8 Å². The summed E-state index contributed by atoms with van der Waals surface area (Å²) in [5, 5.41) is 9.24. The molecule has 0 aliphatic carbocycles. The molecular weight excluding hydrogens is 246 g/mol. The van der Waals surface area contributed by atoms with E-state index >= 15 is 0 Å². The molecule has 0 aromatic rings. The number of likely N-dealkylation sites (tertiary alicyclic amines) is 1. The first kappa shape index (κ1) is 14.3. The number of amides is 2. The molecular formula is C13H23N3O3. The van der Waals surface area contributed by atoms with Gasteiger partial charge in [0.15, 0.2) is 0 Å². The van der Waals surface area contributed by atoms with Crippen molar-refractivity contribution in [3.05, 3.63) is 0 Å². The minimum atomic E-state index is 0.0759. The number of carbonyl (C=O) groups is 2. The van der Waals surface area contributed by atoms with Gasteiger partial charge in [0.05, 0.1) is 13.2 Å². The predicted octanol–water partition coefficient (Wildman–Crippen LogP) is -0.866. The fourth-order valence-electron chi connectivity index (χ4n) is 2.85. The Morgan fingerprint density at radius 2 is 1.74 bits per heavy atom. The zero-order valence-electron chi connectivity index (χ0n) is 11.5. The van der Waals surface area contributed by atoms with Crippen molar-refractivity contribution in [1.82, 2.24) is 14.7 Å². The first-order chi connectivity index (χ1) is 9.11. The molecule has 0 bridgehead atoms. The van der Waals surface area contributed by atoms with Gasteiger partial charge in [-0.1, -0.05) is 0 Å². The van der Waals surface area contributed by atoms with E-state index in [0.717, 1.165) is 19.4 Å². The van der Waals surface area contributed by atoms with Crippen LogP contribution in [0.1, 0.15) is 19.8 Å². The van der Waals surface area contributed by atoms with Gasteiger partial charge in [-0.3, -0.25) is 14.5 Å². The maximum Gasteiger partial charge on any atom is 0.236 e. The maximum absolute atomic E-state index is 12.2. The lowest BCUT2D eigenvalue weighted by Crippen LogP contribution is -2.52. The van der Waals surface area contributed by atoms with Crippen molar-refractivity contribution in [2.45, 2.75) is 25.8 Å². The molecule has 6 heteroatoms. The summed E-state index contributed by atoms with van der Waals surface area (Å²) in [5.74, 6) is 0.190. The van der Waals surface area contributed by atoms with E-state index < -0.39 is 0 Å². The Hall–Kier alpha value is -1.14. The lowest BCUT2D eigenvalue weighted by molar-refractivity contribution is -0.139. The van der Waals surface area contributed by atoms with E-state index in [1.165, 1.54) is 0 Å². The molecule has 0 saturated carbocycles. The van der Waals surface area contributed by atoms with Gasteiger partial charge >= 0.3 is 0 Å².